The van der Waals surface area contributed by atoms with Gasteiger partial charge in [0.15, 0.2) is 0 Å². The smallest absolute Gasteiger partial charge is 0.105 e. The lowest BCUT2D eigenvalue weighted by Crippen LogP contribution is -2.01. The molecule has 0 aliphatic heterocycles. The van der Waals surface area contributed by atoms with Crippen LogP contribution in [-0.4, -0.2) is 5.11 Å². The Morgan fingerprint density at radius 2 is 1.83 bits per heavy atom. The van der Waals surface area contributed by atoms with E-state index < -0.39 is 6.10 Å². The maximum Gasteiger partial charge on any atom is 0.105 e. The highest BCUT2D eigenvalue weighted by Crippen LogP contribution is 2.32. The zero-order valence-corrected chi connectivity index (χ0v) is 13.6. The van der Waals surface area contributed by atoms with Crippen LogP contribution < -0.4 is 0 Å². The number of rotatable bonds is 2. The average Bonchev–Trinajstić information content (AvgIpc) is 2.32. The third-order valence-corrected chi connectivity index (χ3v) is 4.36. The summed E-state index contributed by atoms with van der Waals surface area (Å²) in [6, 6.07) is 11.3. The second-order valence-electron chi connectivity index (χ2n) is 4.08. The fourth-order valence-electron chi connectivity index (χ4n) is 1.68. The van der Waals surface area contributed by atoms with E-state index in [9.17, 15) is 5.11 Å². The number of aliphatic hydroxyl groups excluding tert-OH is 1. The average molecular weight is 391 g/mol. The standard InChI is InChI=1S/C14H11Br2ClO/c1-8-2-3-9(6-13(8)17)14(18)11-5-4-10(15)7-12(11)16/h2-7,14,18H,1H3. The molecule has 1 atom stereocenters. The third-order valence-electron chi connectivity index (χ3n) is 2.77. The largest absolute Gasteiger partial charge is 0.384 e. The van der Waals surface area contributed by atoms with E-state index >= 15 is 0 Å². The lowest BCUT2D eigenvalue weighted by atomic mass is 10.0. The first-order chi connectivity index (χ1) is 8.49. The van der Waals surface area contributed by atoms with Gasteiger partial charge in [-0.2, -0.15) is 0 Å². The molecule has 0 amide bonds. The molecule has 18 heavy (non-hydrogen) atoms. The lowest BCUT2D eigenvalue weighted by molar-refractivity contribution is 0.219. The van der Waals surface area contributed by atoms with Gasteiger partial charge in [0.1, 0.15) is 6.10 Å². The van der Waals surface area contributed by atoms with Crippen LogP contribution in [0, 0.1) is 6.92 Å². The topological polar surface area (TPSA) is 20.2 Å². The SMILES string of the molecule is Cc1ccc(C(O)c2ccc(Br)cc2Br)cc1Cl. The minimum atomic E-state index is -0.689. The molecule has 0 heterocycles. The summed E-state index contributed by atoms with van der Waals surface area (Å²) in [5.74, 6) is 0. The molecule has 0 spiro atoms. The summed E-state index contributed by atoms with van der Waals surface area (Å²) >= 11 is 12.9. The van der Waals surface area contributed by atoms with Gasteiger partial charge in [0, 0.05) is 14.0 Å². The van der Waals surface area contributed by atoms with Crippen molar-refractivity contribution in [3.63, 3.8) is 0 Å². The van der Waals surface area contributed by atoms with Crippen LogP contribution in [0.15, 0.2) is 45.3 Å². The van der Waals surface area contributed by atoms with Gasteiger partial charge < -0.3 is 5.11 Å². The summed E-state index contributed by atoms with van der Waals surface area (Å²) in [7, 11) is 0. The van der Waals surface area contributed by atoms with Crippen molar-refractivity contribution in [2.24, 2.45) is 0 Å². The van der Waals surface area contributed by atoms with Crippen molar-refractivity contribution in [1.29, 1.82) is 0 Å². The van der Waals surface area contributed by atoms with Gasteiger partial charge in [-0.25, -0.2) is 0 Å². The normalized spacial score (nSPS) is 12.5. The van der Waals surface area contributed by atoms with Gasteiger partial charge in [-0.15, -0.1) is 0 Å². The van der Waals surface area contributed by atoms with E-state index in [-0.39, 0.29) is 0 Å². The molecule has 1 nitrogen and oxygen atoms in total. The molecule has 0 aliphatic carbocycles. The molecule has 2 aromatic carbocycles. The maximum absolute atomic E-state index is 10.4. The van der Waals surface area contributed by atoms with Gasteiger partial charge in [0.05, 0.1) is 0 Å². The lowest BCUT2D eigenvalue weighted by Gasteiger charge is -2.14. The predicted molar refractivity (Wildman–Crippen MR) is 82.1 cm³/mol. The molecule has 0 aromatic heterocycles. The van der Waals surface area contributed by atoms with Gasteiger partial charge in [-0.05, 0) is 41.8 Å². The molecule has 1 N–H and O–H groups in total. The molecule has 0 saturated carbocycles. The van der Waals surface area contributed by atoms with Crippen molar-refractivity contribution in [3.8, 4) is 0 Å². The number of hydrogen-bond donors (Lipinski definition) is 1. The Balaban J connectivity index is 2.41. The highest BCUT2D eigenvalue weighted by atomic mass is 79.9. The molecular formula is C14H11Br2ClO. The van der Waals surface area contributed by atoms with Crippen LogP contribution in [0.5, 0.6) is 0 Å². The fraction of sp³-hybridized carbons (Fsp3) is 0.143. The van der Waals surface area contributed by atoms with Crippen molar-refractivity contribution < 1.29 is 5.11 Å². The highest BCUT2D eigenvalue weighted by molar-refractivity contribution is 9.11. The van der Waals surface area contributed by atoms with Gasteiger partial charge in [0.25, 0.3) is 0 Å². The summed E-state index contributed by atoms with van der Waals surface area (Å²) in [4.78, 5) is 0. The minimum absolute atomic E-state index is 0.666. The first kappa shape index (κ1) is 14.1. The highest BCUT2D eigenvalue weighted by Gasteiger charge is 2.14. The molecule has 0 bridgehead atoms. The second-order valence-corrected chi connectivity index (χ2v) is 6.25. The van der Waals surface area contributed by atoms with Crippen molar-refractivity contribution >= 4 is 43.5 Å². The Labute approximate surface area is 128 Å². The van der Waals surface area contributed by atoms with Crippen LogP contribution in [0.1, 0.15) is 22.8 Å². The zero-order valence-electron chi connectivity index (χ0n) is 9.62. The van der Waals surface area contributed by atoms with Crippen LogP contribution in [0.3, 0.4) is 0 Å². The van der Waals surface area contributed by atoms with E-state index in [0.717, 1.165) is 25.6 Å². The fourth-order valence-corrected chi connectivity index (χ4v) is 3.13. The minimum Gasteiger partial charge on any atom is -0.384 e. The van der Waals surface area contributed by atoms with E-state index in [1.807, 2.05) is 37.3 Å². The Bertz CT molecular complexity index is 584. The first-order valence-corrected chi connectivity index (χ1v) is 7.34. The van der Waals surface area contributed by atoms with Crippen LogP contribution in [0.2, 0.25) is 5.02 Å². The van der Waals surface area contributed by atoms with E-state index in [1.165, 1.54) is 0 Å². The van der Waals surface area contributed by atoms with Crippen molar-refractivity contribution in [1.82, 2.24) is 0 Å². The van der Waals surface area contributed by atoms with Crippen molar-refractivity contribution in [2.45, 2.75) is 13.0 Å². The van der Waals surface area contributed by atoms with Gasteiger partial charge in [-0.1, -0.05) is 61.7 Å². The Kier molecular flexibility index (Phi) is 4.49. The Morgan fingerprint density at radius 1 is 1.11 bits per heavy atom. The zero-order chi connectivity index (χ0) is 13.3. The molecular weight excluding hydrogens is 379 g/mol. The van der Waals surface area contributed by atoms with E-state index in [0.29, 0.717) is 5.02 Å². The van der Waals surface area contributed by atoms with Crippen LogP contribution in [0.25, 0.3) is 0 Å². The summed E-state index contributed by atoms with van der Waals surface area (Å²) in [5.41, 5.74) is 2.61. The van der Waals surface area contributed by atoms with E-state index in [1.54, 1.807) is 6.07 Å². The molecule has 4 heteroatoms. The molecule has 1 unspecified atom stereocenters. The van der Waals surface area contributed by atoms with Gasteiger partial charge in [-0.3, -0.25) is 0 Å². The summed E-state index contributed by atoms with van der Waals surface area (Å²) in [6.07, 6.45) is -0.689. The van der Waals surface area contributed by atoms with Gasteiger partial charge in [0.2, 0.25) is 0 Å². The number of benzene rings is 2. The number of aliphatic hydroxyl groups is 1. The Hall–Kier alpha value is -0.350. The molecule has 94 valence electrons. The molecule has 2 aromatic rings. The van der Waals surface area contributed by atoms with Crippen molar-refractivity contribution in [3.05, 3.63) is 67.1 Å². The monoisotopic (exact) mass is 388 g/mol. The van der Waals surface area contributed by atoms with Crippen LogP contribution in [-0.2, 0) is 0 Å². The van der Waals surface area contributed by atoms with Crippen LogP contribution in [0.4, 0.5) is 0 Å². The number of hydrogen-bond acceptors (Lipinski definition) is 1. The maximum atomic E-state index is 10.4. The number of aryl methyl sites for hydroxylation is 1. The van der Waals surface area contributed by atoms with Gasteiger partial charge >= 0.3 is 0 Å². The van der Waals surface area contributed by atoms with Crippen LogP contribution >= 0.6 is 43.5 Å². The molecule has 0 radical (unpaired) electrons. The van der Waals surface area contributed by atoms with E-state index in [4.69, 9.17) is 11.6 Å². The Morgan fingerprint density at radius 3 is 2.44 bits per heavy atom. The molecule has 0 aliphatic rings. The second kappa shape index (κ2) is 5.74. The van der Waals surface area contributed by atoms with Crippen molar-refractivity contribution in [2.75, 3.05) is 0 Å². The quantitative estimate of drug-likeness (QED) is 0.742. The molecule has 0 fully saturated rings. The summed E-state index contributed by atoms with van der Waals surface area (Å²) in [5, 5.41) is 11.0. The first-order valence-electron chi connectivity index (χ1n) is 5.38. The molecule has 0 saturated heterocycles. The summed E-state index contributed by atoms with van der Waals surface area (Å²) < 4.78 is 1.83. The molecule has 2 rings (SSSR count). The summed E-state index contributed by atoms with van der Waals surface area (Å²) in [6.45, 7) is 1.94. The predicted octanol–water partition coefficient (Wildman–Crippen LogP) is 5.26. The van der Waals surface area contributed by atoms with E-state index in [2.05, 4.69) is 31.9 Å². The third kappa shape index (κ3) is 2.97. The number of halogens is 3.